The molecule has 2 aliphatic rings. The van der Waals surface area contributed by atoms with E-state index in [1.54, 1.807) is 0 Å². The van der Waals surface area contributed by atoms with Crippen molar-refractivity contribution in [2.24, 2.45) is 0 Å². The van der Waals surface area contributed by atoms with Gasteiger partial charge in [0.1, 0.15) is 0 Å². The van der Waals surface area contributed by atoms with Gasteiger partial charge >= 0.3 is 0 Å². The van der Waals surface area contributed by atoms with Gasteiger partial charge in [-0.3, -0.25) is 0 Å². The molecule has 4 rings (SSSR count). The first-order valence-electron chi connectivity index (χ1n) is 5.94. The van der Waals surface area contributed by atoms with Gasteiger partial charge in [-0.15, -0.1) is 0 Å². The summed E-state index contributed by atoms with van der Waals surface area (Å²) in [4.78, 5) is 0. The van der Waals surface area contributed by atoms with Crippen LogP contribution < -0.4 is 0 Å². The molecule has 0 atom stereocenters. The number of rotatable bonds is 0. The van der Waals surface area contributed by atoms with E-state index in [9.17, 15) is 0 Å². The second-order valence-corrected chi connectivity index (χ2v) is 5.55. The monoisotopic (exact) mass is 282 g/mol. The van der Waals surface area contributed by atoms with E-state index in [0.717, 1.165) is 12.8 Å². The fourth-order valence-electron chi connectivity index (χ4n) is 2.99. The molecule has 0 bridgehead atoms. The van der Waals surface area contributed by atoms with Gasteiger partial charge in [0.25, 0.3) is 0 Å². The molecule has 0 fully saturated rings. The lowest BCUT2D eigenvalue weighted by Crippen LogP contribution is -2.03. The molecule has 2 aromatic carbocycles. The zero-order valence-corrected chi connectivity index (χ0v) is 10.9. The van der Waals surface area contributed by atoms with Gasteiger partial charge in [-0.2, -0.15) is 0 Å². The fourth-order valence-corrected chi connectivity index (χ4v) is 3.45. The van der Waals surface area contributed by atoms with Crippen LogP contribution in [-0.2, 0) is 6.42 Å². The Morgan fingerprint density at radius 1 is 1.00 bits per heavy atom. The van der Waals surface area contributed by atoms with Crippen LogP contribution >= 0.6 is 15.9 Å². The second-order valence-electron chi connectivity index (χ2n) is 4.70. The van der Waals surface area contributed by atoms with E-state index in [2.05, 4.69) is 58.4 Å². The molecule has 82 valence electrons. The summed E-state index contributed by atoms with van der Waals surface area (Å²) >= 11 is 3.67. The first kappa shape index (κ1) is 9.67. The molecule has 2 aliphatic carbocycles. The van der Waals surface area contributed by atoms with Gasteiger partial charge in [-0.25, -0.2) is 0 Å². The standard InChI is InChI=1S/C16H11Br/c17-14-9-7-12-5-4-10-2-1-3-11-6-8-13(14)16(12)15(10)11/h1,3-4,6-9H,2,5H2. The Balaban J connectivity index is 2.27. The van der Waals surface area contributed by atoms with Crippen LogP contribution in [0.5, 0.6) is 0 Å². The van der Waals surface area contributed by atoms with Crippen LogP contribution in [0.25, 0.3) is 22.4 Å². The highest BCUT2D eigenvalue weighted by Crippen LogP contribution is 2.41. The summed E-state index contributed by atoms with van der Waals surface area (Å²) in [6.45, 7) is 0. The lowest BCUT2D eigenvalue weighted by molar-refractivity contribution is 1.23. The first-order chi connectivity index (χ1) is 8.34. The van der Waals surface area contributed by atoms with Crippen molar-refractivity contribution in [1.82, 2.24) is 0 Å². The van der Waals surface area contributed by atoms with Gasteiger partial charge in [0.05, 0.1) is 0 Å². The summed E-state index contributed by atoms with van der Waals surface area (Å²) < 4.78 is 1.20. The Morgan fingerprint density at radius 2 is 1.94 bits per heavy atom. The molecule has 2 aromatic rings. The number of halogens is 1. The lowest BCUT2D eigenvalue weighted by Gasteiger charge is -2.23. The SMILES string of the molecule is Brc1ccc2c3c4c(ccc13)C=CCC4=CC2. The van der Waals surface area contributed by atoms with Crippen LogP contribution in [0.1, 0.15) is 23.1 Å². The predicted molar refractivity (Wildman–Crippen MR) is 77.0 cm³/mol. The lowest BCUT2D eigenvalue weighted by atomic mass is 9.81. The molecular weight excluding hydrogens is 272 g/mol. The number of hydrogen-bond donors (Lipinski definition) is 0. The van der Waals surface area contributed by atoms with Gasteiger partial charge in [0.2, 0.25) is 0 Å². The molecule has 0 nitrogen and oxygen atoms in total. The summed E-state index contributed by atoms with van der Waals surface area (Å²) in [5.74, 6) is 0. The van der Waals surface area contributed by atoms with Crippen LogP contribution in [0.15, 0.2) is 40.9 Å². The minimum atomic E-state index is 1.07. The van der Waals surface area contributed by atoms with Gasteiger partial charge in [0.15, 0.2) is 0 Å². The maximum atomic E-state index is 3.67. The molecule has 0 saturated heterocycles. The molecule has 0 N–H and O–H groups in total. The average molecular weight is 283 g/mol. The molecule has 0 unspecified atom stereocenters. The Labute approximate surface area is 109 Å². The van der Waals surface area contributed by atoms with Crippen LogP contribution in [0.2, 0.25) is 0 Å². The van der Waals surface area contributed by atoms with E-state index < -0.39 is 0 Å². The number of hydrogen-bond acceptors (Lipinski definition) is 0. The Bertz CT molecular complexity index is 705. The second kappa shape index (κ2) is 3.33. The van der Waals surface area contributed by atoms with Crippen molar-refractivity contribution in [2.45, 2.75) is 12.8 Å². The highest BCUT2D eigenvalue weighted by molar-refractivity contribution is 9.10. The molecule has 0 aliphatic heterocycles. The molecule has 0 heterocycles. The maximum Gasteiger partial charge on any atom is 0.0254 e. The third-order valence-electron chi connectivity index (χ3n) is 3.77. The number of benzene rings is 2. The van der Waals surface area contributed by atoms with Gasteiger partial charge in [0, 0.05) is 4.47 Å². The van der Waals surface area contributed by atoms with Crippen LogP contribution in [-0.4, -0.2) is 0 Å². The van der Waals surface area contributed by atoms with E-state index in [1.807, 2.05) is 0 Å². The molecule has 0 radical (unpaired) electrons. The van der Waals surface area contributed by atoms with Gasteiger partial charge < -0.3 is 0 Å². The molecule has 17 heavy (non-hydrogen) atoms. The van der Waals surface area contributed by atoms with E-state index in [1.165, 1.54) is 37.5 Å². The zero-order chi connectivity index (χ0) is 11.4. The van der Waals surface area contributed by atoms with E-state index in [4.69, 9.17) is 0 Å². The Morgan fingerprint density at radius 3 is 2.88 bits per heavy atom. The number of allylic oxidation sites excluding steroid dienone is 3. The predicted octanol–water partition coefficient (Wildman–Crippen LogP) is 4.96. The van der Waals surface area contributed by atoms with E-state index in [0.29, 0.717) is 0 Å². The van der Waals surface area contributed by atoms with Crippen molar-refractivity contribution in [3.05, 3.63) is 57.6 Å². The minimum Gasteiger partial charge on any atom is -0.0795 e. The van der Waals surface area contributed by atoms with E-state index >= 15 is 0 Å². The molecule has 0 amide bonds. The van der Waals surface area contributed by atoms with Gasteiger partial charge in [-0.05, 0) is 51.9 Å². The molecular formula is C16H11Br. The van der Waals surface area contributed by atoms with E-state index in [-0.39, 0.29) is 0 Å². The summed E-state index contributed by atoms with van der Waals surface area (Å²) in [5.41, 5.74) is 5.79. The largest absolute Gasteiger partial charge is 0.0795 e. The van der Waals surface area contributed by atoms with Crippen molar-refractivity contribution in [2.75, 3.05) is 0 Å². The smallest absolute Gasteiger partial charge is 0.0254 e. The fraction of sp³-hybridized carbons (Fsp3) is 0.125. The summed E-state index contributed by atoms with van der Waals surface area (Å²) in [7, 11) is 0. The van der Waals surface area contributed by atoms with Crippen molar-refractivity contribution in [1.29, 1.82) is 0 Å². The van der Waals surface area contributed by atoms with Gasteiger partial charge in [-0.1, -0.05) is 52.4 Å². The van der Waals surface area contributed by atoms with Crippen molar-refractivity contribution < 1.29 is 0 Å². The normalized spacial score (nSPS) is 16.2. The van der Waals surface area contributed by atoms with Crippen LogP contribution in [0, 0.1) is 0 Å². The topological polar surface area (TPSA) is 0 Å². The summed E-state index contributed by atoms with van der Waals surface area (Å²) in [6.07, 6.45) is 9.06. The molecule has 0 spiro atoms. The molecule has 0 saturated carbocycles. The summed E-state index contributed by atoms with van der Waals surface area (Å²) in [5, 5.41) is 2.81. The molecule has 1 heteroatoms. The quantitative estimate of drug-likeness (QED) is 0.641. The van der Waals surface area contributed by atoms with Crippen LogP contribution in [0.4, 0.5) is 0 Å². The average Bonchev–Trinajstić information content (AvgIpc) is 2.38. The minimum absolute atomic E-state index is 1.07. The van der Waals surface area contributed by atoms with Crippen molar-refractivity contribution in [3.8, 4) is 0 Å². The highest BCUT2D eigenvalue weighted by Gasteiger charge is 2.19. The third-order valence-corrected chi connectivity index (χ3v) is 4.46. The summed E-state index contributed by atoms with van der Waals surface area (Å²) in [6, 6.07) is 8.89. The first-order valence-corrected chi connectivity index (χ1v) is 6.74. The van der Waals surface area contributed by atoms with Crippen LogP contribution in [0.3, 0.4) is 0 Å². The van der Waals surface area contributed by atoms with Crippen molar-refractivity contribution in [3.63, 3.8) is 0 Å². The van der Waals surface area contributed by atoms with Crippen molar-refractivity contribution >= 4 is 38.4 Å². The third kappa shape index (κ3) is 1.23. The maximum absolute atomic E-state index is 3.67. The zero-order valence-electron chi connectivity index (χ0n) is 9.33. The Kier molecular flexibility index (Phi) is 1.89. The highest BCUT2D eigenvalue weighted by atomic mass is 79.9. The Hall–Kier alpha value is -1.34. The molecule has 0 aromatic heterocycles.